The summed E-state index contributed by atoms with van der Waals surface area (Å²) in [6.07, 6.45) is 5.35. The average Bonchev–Trinajstić information content (AvgIpc) is 2.44. The van der Waals surface area contributed by atoms with Crippen molar-refractivity contribution in [1.29, 1.82) is 0 Å². The Kier molecular flexibility index (Phi) is 4.27. The van der Waals surface area contributed by atoms with E-state index in [2.05, 4.69) is 28.1 Å². The zero-order valence-electron chi connectivity index (χ0n) is 10.8. The van der Waals surface area contributed by atoms with Gasteiger partial charge in [0.15, 0.2) is 5.82 Å². The Morgan fingerprint density at radius 2 is 2.00 bits per heavy atom. The number of benzene rings is 1. The van der Waals surface area contributed by atoms with Crippen molar-refractivity contribution in [2.75, 3.05) is 5.73 Å². The van der Waals surface area contributed by atoms with Crippen LogP contribution in [0.1, 0.15) is 5.56 Å². The first-order valence-corrected chi connectivity index (χ1v) is 6.25. The van der Waals surface area contributed by atoms with E-state index in [4.69, 9.17) is 17.3 Å². The molecule has 4 nitrogen and oxygen atoms in total. The standard InChI is InChI=1S/C15H13ClN4/c1-3-6-10(4-2)11-7-5-8-12(9-11)13-18-14(16)20-15(17)19-13/h3-9H,1-2H2,(H2,17,18,19,20)/b10-6+. The predicted molar refractivity (Wildman–Crippen MR) is 83.1 cm³/mol. The molecule has 0 aliphatic heterocycles. The summed E-state index contributed by atoms with van der Waals surface area (Å²) in [6, 6.07) is 7.68. The molecule has 0 saturated heterocycles. The van der Waals surface area contributed by atoms with E-state index in [1.807, 2.05) is 30.3 Å². The molecule has 0 aliphatic carbocycles. The molecule has 5 heteroatoms. The zero-order valence-corrected chi connectivity index (χ0v) is 11.5. The number of nitrogen functional groups attached to an aromatic ring is 1. The van der Waals surface area contributed by atoms with Crippen LogP contribution in [0, 0.1) is 0 Å². The second-order valence-corrected chi connectivity index (χ2v) is 4.27. The maximum atomic E-state index is 5.80. The molecule has 0 atom stereocenters. The molecule has 100 valence electrons. The van der Waals surface area contributed by atoms with E-state index < -0.39 is 0 Å². The molecule has 0 saturated carbocycles. The Bertz CT molecular complexity index is 672. The van der Waals surface area contributed by atoms with Crippen LogP contribution in [0.2, 0.25) is 5.28 Å². The quantitative estimate of drug-likeness (QED) is 0.872. The van der Waals surface area contributed by atoms with Gasteiger partial charge in [-0.2, -0.15) is 15.0 Å². The SMILES string of the molecule is C=C/C=C(\C=C)c1cccc(-c2nc(N)nc(Cl)n2)c1. The van der Waals surface area contributed by atoms with Gasteiger partial charge in [0.25, 0.3) is 0 Å². The number of nitrogens with two attached hydrogens (primary N) is 1. The lowest BCUT2D eigenvalue weighted by Gasteiger charge is -2.06. The molecule has 0 spiro atoms. The first-order valence-electron chi connectivity index (χ1n) is 5.87. The van der Waals surface area contributed by atoms with Crippen molar-refractivity contribution in [3.8, 4) is 11.4 Å². The van der Waals surface area contributed by atoms with E-state index >= 15 is 0 Å². The highest BCUT2D eigenvalue weighted by Crippen LogP contribution is 2.23. The fourth-order valence-electron chi connectivity index (χ4n) is 1.74. The molecule has 1 heterocycles. The van der Waals surface area contributed by atoms with Gasteiger partial charge >= 0.3 is 0 Å². The smallest absolute Gasteiger partial charge is 0.227 e. The van der Waals surface area contributed by atoms with E-state index in [1.165, 1.54) is 0 Å². The van der Waals surface area contributed by atoms with Gasteiger partial charge in [-0.25, -0.2) is 0 Å². The summed E-state index contributed by atoms with van der Waals surface area (Å²) in [5.41, 5.74) is 8.32. The third-order valence-electron chi connectivity index (χ3n) is 2.60. The number of allylic oxidation sites excluding steroid dienone is 4. The summed E-state index contributed by atoms with van der Waals surface area (Å²) in [5, 5.41) is 0.0727. The van der Waals surface area contributed by atoms with E-state index in [0.29, 0.717) is 5.82 Å². The van der Waals surface area contributed by atoms with Crippen molar-refractivity contribution < 1.29 is 0 Å². The number of hydrogen-bond acceptors (Lipinski definition) is 4. The van der Waals surface area contributed by atoms with Crippen molar-refractivity contribution in [3.05, 3.63) is 66.5 Å². The first-order chi connectivity index (χ1) is 9.63. The van der Waals surface area contributed by atoms with Crippen LogP contribution in [0.5, 0.6) is 0 Å². The van der Waals surface area contributed by atoms with Crippen molar-refractivity contribution in [2.24, 2.45) is 0 Å². The number of hydrogen-bond donors (Lipinski definition) is 1. The minimum Gasteiger partial charge on any atom is -0.368 e. The highest BCUT2D eigenvalue weighted by atomic mass is 35.5. The molecule has 2 rings (SSSR count). The van der Waals surface area contributed by atoms with E-state index in [1.54, 1.807) is 12.2 Å². The molecular formula is C15H13ClN4. The monoisotopic (exact) mass is 284 g/mol. The highest BCUT2D eigenvalue weighted by molar-refractivity contribution is 6.28. The normalized spacial score (nSPS) is 11.2. The number of nitrogens with zero attached hydrogens (tertiary/aromatic N) is 3. The topological polar surface area (TPSA) is 64.7 Å². The van der Waals surface area contributed by atoms with Crippen LogP contribution in [0.3, 0.4) is 0 Å². The molecule has 0 radical (unpaired) electrons. The summed E-state index contributed by atoms with van der Waals surface area (Å²) in [6.45, 7) is 7.47. The van der Waals surface area contributed by atoms with Gasteiger partial charge in [-0.1, -0.05) is 49.6 Å². The second-order valence-electron chi connectivity index (χ2n) is 3.93. The fraction of sp³-hybridized carbons (Fsp3) is 0. The Balaban J connectivity index is 2.51. The van der Waals surface area contributed by atoms with Crippen molar-refractivity contribution in [3.63, 3.8) is 0 Å². The Morgan fingerprint density at radius 3 is 2.65 bits per heavy atom. The van der Waals surface area contributed by atoms with Crippen LogP contribution < -0.4 is 5.73 Å². The lowest BCUT2D eigenvalue weighted by molar-refractivity contribution is 1.07. The average molecular weight is 285 g/mol. The Labute approximate surface area is 122 Å². The zero-order chi connectivity index (χ0) is 14.5. The van der Waals surface area contributed by atoms with Gasteiger partial charge in [0.1, 0.15) is 0 Å². The van der Waals surface area contributed by atoms with Crippen molar-refractivity contribution in [2.45, 2.75) is 0 Å². The highest BCUT2D eigenvalue weighted by Gasteiger charge is 2.07. The Morgan fingerprint density at radius 1 is 1.20 bits per heavy atom. The predicted octanol–water partition coefficient (Wildman–Crippen LogP) is 3.53. The van der Waals surface area contributed by atoms with Crippen LogP contribution in [0.15, 0.2) is 55.7 Å². The summed E-state index contributed by atoms with van der Waals surface area (Å²) >= 11 is 5.80. The van der Waals surface area contributed by atoms with Gasteiger partial charge in [0, 0.05) is 5.56 Å². The summed E-state index contributed by atoms with van der Waals surface area (Å²) in [4.78, 5) is 11.9. The fourth-order valence-corrected chi connectivity index (χ4v) is 1.91. The lowest BCUT2D eigenvalue weighted by atomic mass is 10.0. The van der Waals surface area contributed by atoms with Gasteiger partial charge < -0.3 is 5.73 Å². The van der Waals surface area contributed by atoms with Crippen LogP contribution >= 0.6 is 11.6 Å². The number of rotatable bonds is 4. The molecule has 0 fully saturated rings. The molecule has 1 aromatic carbocycles. The maximum absolute atomic E-state index is 5.80. The van der Waals surface area contributed by atoms with Crippen LogP contribution in [-0.2, 0) is 0 Å². The molecular weight excluding hydrogens is 272 g/mol. The Hall–Kier alpha value is -2.46. The van der Waals surface area contributed by atoms with Gasteiger partial charge in [-0.05, 0) is 28.8 Å². The van der Waals surface area contributed by atoms with E-state index in [9.17, 15) is 0 Å². The largest absolute Gasteiger partial charge is 0.368 e. The minimum atomic E-state index is 0.0727. The van der Waals surface area contributed by atoms with Crippen LogP contribution in [-0.4, -0.2) is 15.0 Å². The van der Waals surface area contributed by atoms with Crippen molar-refractivity contribution >= 4 is 23.1 Å². The van der Waals surface area contributed by atoms with E-state index in [0.717, 1.165) is 16.7 Å². The second kappa shape index (κ2) is 6.12. The molecule has 2 N–H and O–H groups in total. The third kappa shape index (κ3) is 3.10. The third-order valence-corrected chi connectivity index (χ3v) is 2.77. The van der Waals surface area contributed by atoms with Gasteiger partial charge in [0.05, 0.1) is 0 Å². The molecule has 0 bridgehead atoms. The molecule has 20 heavy (non-hydrogen) atoms. The molecule has 0 unspecified atom stereocenters. The molecule has 0 aliphatic rings. The molecule has 0 amide bonds. The van der Waals surface area contributed by atoms with Crippen LogP contribution in [0.25, 0.3) is 17.0 Å². The molecule has 2 aromatic rings. The first kappa shape index (κ1) is 14.0. The summed E-state index contributed by atoms with van der Waals surface area (Å²) in [5.74, 6) is 0.530. The molecule has 1 aromatic heterocycles. The number of anilines is 1. The summed E-state index contributed by atoms with van der Waals surface area (Å²) < 4.78 is 0. The van der Waals surface area contributed by atoms with E-state index in [-0.39, 0.29) is 11.2 Å². The van der Waals surface area contributed by atoms with Gasteiger partial charge in [-0.3, -0.25) is 0 Å². The summed E-state index contributed by atoms with van der Waals surface area (Å²) in [7, 11) is 0. The van der Waals surface area contributed by atoms with Crippen LogP contribution in [0.4, 0.5) is 5.95 Å². The number of aromatic nitrogens is 3. The van der Waals surface area contributed by atoms with Gasteiger partial charge in [0.2, 0.25) is 11.2 Å². The number of halogens is 1. The van der Waals surface area contributed by atoms with Gasteiger partial charge in [-0.15, -0.1) is 0 Å². The minimum absolute atomic E-state index is 0.0727. The maximum Gasteiger partial charge on any atom is 0.227 e. The lowest BCUT2D eigenvalue weighted by Crippen LogP contribution is -2.00. The van der Waals surface area contributed by atoms with Crippen molar-refractivity contribution in [1.82, 2.24) is 15.0 Å².